The van der Waals surface area contributed by atoms with Crippen LogP contribution in [0.1, 0.15) is 22.3 Å². The number of carboxylic acid groups (broad SMARTS) is 1. The molecule has 0 spiro atoms. The number of carbonyl (C=O) groups is 1. The second kappa shape index (κ2) is 5.59. The maximum absolute atomic E-state index is 11.2. The molecule has 1 aromatic carbocycles. The Kier molecular flexibility index (Phi) is 4.07. The second-order valence-electron chi connectivity index (χ2n) is 4.90. The van der Waals surface area contributed by atoms with Gasteiger partial charge in [0.2, 0.25) is 0 Å². The summed E-state index contributed by atoms with van der Waals surface area (Å²) < 4.78 is 10.9. The average Bonchev–Trinajstić information content (AvgIpc) is 2.86. The van der Waals surface area contributed by atoms with Crippen molar-refractivity contribution in [1.29, 1.82) is 0 Å². The number of hydrogen-bond donors (Lipinski definition) is 2. The van der Waals surface area contributed by atoms with Crippen molar-refractivity contribution < 1.29 is 19.4 Å². The first-order valence-corrected chi connectivity index (χ1v) is 6.27. The Hall–Kier alpha value is -1.59. The molecule has 2 rings (SSSR count). The molecule has 1 aliphatic heterocycles. The molecule has 5 nitrogen and oxygen atoms in total. The molecule has 0 bridgehead atoms. The van der Waals surface area contributed by atoms with Gasteiger partial charge < -0.3 is 19.9 Å². The van der Waals surface area contributed by atoms with E-state index in [4.69, 9.17) is 9.47 Å². The Labute approximate surface area is 112 Å². The molecule has 1 saturated heterocycles. The topological polar surface area (TPSA) is 67.8 Å². The summed E-state index contributed by atoms with van der Waals surface area (Å²) in [6.45, 7) is 3.62. The number of benzene rings is 1. The summed E-state index contributed by atoms with van der Waals surface area (Å²) in [7, 11) is 1.66. The summed E-state index contributed by atoms with van der Waals surface area (Å²) in [6.07, 6.45) is 0.810. The fourth-order valence-electron chi connectivity index (χ4n) is 2.21. The minimum Gasteiger partial charge on any atom is -0.478 e. The van der Waals surface area contributed by atoms with Gasteiger partial charge in [-0.25, -0.2) is 4.79 Å². The zero-order chi connectivity index (χ0) is 13.9. The fourth-order valence-corrected chi connectivity index (χ4v) is 2.21. The standard InChI is InChI=1S/C14H19NO4/c1-10-3-4-12(11(7-10)13(16)17)15-8-14(18-2)5-6-19-9-14/h3-4,7,15H,5-6,8-9H2,1-2H3,(H,16,17). The molecule has 1 unspecified atom stereocenters. The third-order valence-electron chi connectivity index (χ3n) is 3.51. The van der Waals surface area contributed by atoms with Gasteiger partial charge in [-0.3, -0.25) is 0 Å². The summed E-state index contributed by atoms with van der Waals surface area (Å²) in [6, 6.07) is 5.34. The van der Waals surface area contributed by atoms with Gasteiger partial charge in [-0.15, -0.1) is 0 Å². The first-order chi connectivity index (χ1) is 9.06. The summed E-state index contributed by atoms with van der Waals surface area (Å²) in [5, 5.41) is 12.4. The van der Waals surface area contributed by atoms with Crippen molar-refractivity contribution in [1.82, 2.24) is 0 Å². The molecule has 0 amide bonds. The monoisotopic (exact) mass is 265 g/mol. The van der Waals surface area contributed by atoms with Crippen LogP contribution in [0.25, 0.3) is 0 Å². The molecule has 0 saturated carbocycles. The Morgan fingerprint density at radius 1 is 1.58 bits per heavy atom. The van der Waals surface area contributed by atoms with Crippen molar-refractivity contribution in [3.05, 3.63) is 29.3 Å². The number of nitrogens with one attached hydrogen (secondary N) is 1. The largest absolute Gasteiger partial charge is 0.478 e. The Morgan fingerprint density at radius 3 is 2.95 bits per heavy atom. The first kappa shape index (κ1) is 13.8. The smallest absolute Gasteiger partial charge is 0.337 e. The van der Waals surface area contributed by atoms with Crippen molar-refractivity contribution in [2.75, 3.05) is 32.2 Å². The highest BCUT2D eigenvalue weighted by molar-refractivity contribution is 5.94. The lowest BCUT2D eigenvalue weighted by Crippen LogP contribution is -2.39. The van der Waals surface area contributed by atoms with Gasteiger partial charge in [-0.1, -0.05) is 11.6 Å². The van der Waals surface area contributed by atoms with Crippen molar-refractivity contribution >= 4 is 11.7 Å². The Bertz CT molecular complexity index is 467. The number of methoxy groups -OCH3 is 1. The lowest BCUT2D eigenvalue weighted by Gasteiger charge is -2.26. The van der Waals surface area contributed by atoms with E-state index in [1.807, 2.05) is 13.0 Å². The molecule has 0 aliphatic carbocycles. The van der Waals surface area contributed by atoms with Crippen LogP contribution in [0.3, 0.4) is 0 Å². The van der Waals surface area contributed by atoms with E-state index in [0.717, 1.165) is 12.0 Å². The van der Waals surface area contributed by atoms with Gasteiger partial charge in [-0.05, 0) is 19.1 Å². The molecule has 0 aromatic heterocycles. The van der Waals surface area contributed by atoms with Gasteiger partial charge in [0.15, 0.2) is 0 Å². The quantitative estimate of drug-likeness (QED) is 0.851. The van der Waals surface area contributed by atoms with E-state index in [1.54, 1.807) is 19.2 Å². The summed E-state index contributed by atoms with van der Waals surface area (Å²) in [4.78, 5) is 11.2. The van der Waals surface area contributed by atoms with Gasteiger partial charge in [0.1, 0.15) is 5.60 Å². The first-order valence-electron chi connectivity index (χ1n) is 6.27. The normalized spacial score (nSPS) is 22.4. The van der Waals surface area contributed by atoms with Gasteiger partial charge in [0.25, 0.3) is 0 Å². The zero-order valence-corrected chi connectivity index (χ0v) is 11.2. The van der Waals surface area contributed by atoms with Crippen LogP contribution in [0.5, 0.6) is 0 Å². The number of aryl methyl sites for hydroxylation is 1. The van der Waals surface area contributed by atoms with Crippen molar-refractivity contribution in [2.24, 2.45) is 0 Å². The van der Waals surface area contributed by atoms with Crippen LogP contribution >= 0.6 is 0 Å². The second-order valence-corrected chi connectivity index (χ2v) is 4.90. The van der Waals surface area contributed by atoms with E-state index in [2.05, 4.69) is 5.32 Å². The van der Waals surface area contributed by atoms with Crippen molar-refractivity contribution in [3.8, 4) is 0 Å². The molecule has 2 N–H and O–H groups in total. The van der Waals surface area contributed by atoms with Crippen LogP contribution < -0.4 is 5.32 Å². The van der Waals surface area contributed by atoms with Crippen LogP contribution in [0.2, 0.25) is 0 Å². The molecular weight excluding hydrogens is 246 g/mol. The molecule has 1 aliphatic rings. The predicted molar refractivity (Wildman–Crippen MR) is 71.8 cm³/mol. The van der Waals surface area contributed by atoms with Crippen molar-refractivity contribution in [3.63, 3.8) is 0 Å². The summed E-state index contributed by atoms with van der Waals surface area (Å²) in [5.74, 6) is -0.930. The summed E-state index contributed by atoms with van der Waals surface area (Å²) in [5.41, 5.74) is 1.46. The lowest BCUT2D eigenvalue weighted by molar-refractivity contribution is -0.00622. The van der Waals surface area contributed by atoms with Gasteiger partial charge in [0.05, 0.1) is 12.2 Å². The van der Waals surface area contributed by atoms with E-state index in [1.165, 1.54) is 0 Å². The van der Waals surface area contributed by atoms with Crippen LogP contribution in [-0.4, -0.2) is 43.5 Å². The number of aromatic carboxylic acids is 1. The Morgan fingerprint density at radius 2 is 2.37 bits per heavy atom. The predicted octanol–water partition coefficient (Wildman–Crippen LogP) is 1.91. The third-order valence-corrected chi connectivity index (χ3v) is 3.51. The number of carboxylic acids is 1. The zero-order valence-electron chi connectivity index (χ0n) is 11.2. The SMILES string of the molecule is COC1(CNc2ccc(C)cc2C(=O)O)CCOC1. The number of anilines is 1. The maximum atomic E-state index is 11.2. The van der Waals surface area contributed by atoms with Crippen LogP contribution in [-0.2, 0) is 9.47 Å². The van der Waals surface area contributed by atoms with E-state index in [9.17, 15) is 9.90 Å². The van der Waals surface area contributed by atoms with Crippen molar-refractivity contribution in [2.45, 2.75) is 18.9 Å². The molecular formula is C14H19NO4. The van der Waals surface area contributed by atoms with Crippen LogP contribution in [0.15, 0.2) is 18.2 Å². The van der Waals surface area contributed by atoms with Gasteiger partial charge in [0, 0.05) is 32.4 Å². The highest BCUT2D eigenvalue weighted by atomic mass is 16.5. The van der Waals surface area contributed by atoms with E-state index < -0.39 is 5.97 Å². The highest BCUT2D eigenvalue weighted by Crippen LogP contribution is 2.24. The van der Waals surface area contributed by atoms with E-state index in [-0.39, 0.29) is 11.2 Å². The maximum Gasteiger partial charge on any atom is 0.337 e. The molecule has 104 valence electrons. The fraction of sp³-hybridized carbons (Fsp3) is 0.500. The van der Waals surface area contributed by atoms with Gasteiger partial charge in [-0.2, -0.15) is 0 Å². The number of hydrogen-bond acceptors (Lipinski definition) is 4. The molecule has 5 heteroatoms. The van der Waals surface area contributed by atoms with Gasteiger partial charge >= 0.3 is 5.97 Å². The average molecular weight is 265 g/mol. The van der Waals surface area contributed by atoms with Crippen LogP contribution in [0, 0.1) is 6.92 Å². The molecule has 0 radical (unpaired) electrons. The highest BCUT2D eigenvalue weighted by Gasteiger charge is 2.34. The summed E-state index contributed by atoms with van der Waals surface area (Å²) >= 11 is 0. The number of ether oxygens (including phenoxy) is 2. The molecule has 1 atom stereocenters. The minimum atomic E-state index is -0.930. The molecule has 1 heterocycles. The van der Waals surface area contributed by atoms with E-state index in [0.29, 0.717) is 25.4 Å². The molecule has 19 heavy (non-hydrogen) atoms. The minimum absolute atomic E-state index is 0.283. The third kappa shape index (κ3) is 3.05. The molecule has 1 aromatic rings. The Balaban J connectivity index is 2.13. The van der Waals surface area contributed by atoms with Crippen LogP contribution in [0.4, 0.5) is 5.69 Å². The molecule has 1 fully saturated rings. The lowest BCUT2D eigenvalue weighted by atomic mass is 10.0. The van der Waals surface area contributed by atoms with E-state index >= 15 is 0 Å². The number of rotatable bonds is 5.